The number of benzene rings is 2. The molecule has 0 unspecified atom stereocenters. The van der Waals surface area contributed by atoms with E-state index in [2.05, 4.69) is 6.92 Å². The standard InChI is InChI=1S/C18H19ClO3/c1-3-4-10-21-15-7-5-6-14(11-15)18(20)22-16-9-8-13(2)17(19)12-16/h5-9,11-12H,3-4,10H2,1-2H3. The Hall–Kier alpha value is -2.00. The lowest BCUT2D eigenvalue weighted by molar-refractivity contribution is 0.0734. The molecule has 0 aromatic heterocycles. The molecule has 22 heavy (non-hydrogen) atoms. The molecule has 0 aliphatic carbocycles. The Bertz CT molecular complexity index is 653. The first-order valence-electron chi connectivity index (χ1n) is 7.31. The monoisotopic (exact) mass is 318 g/mol. The molecule has 0 amide bonds. The number of carbonyl (C=O) groups excluding carboxylic acids is 1. The van der Waals surface area contributed by atoms with Crippen LogP contribution in [0.15, 0.2) is 42.5 Å². The van der Waals surface area contributed by atoms with Gasteiger partial charge in [-0.3, -0.25) is 0 Å². The van der Waals surface area contributed by atoms with Crippen molar-refractivity contribution in [2.75, 3.05) is 6.61 Å². The van der Waals surface area contributed by atoms with E-state index in [0.717, 1.165) is 18.4 Å². The molecule has 0 atom stereocenters. The molecule has 0 bridgehead atoms. The fourth-order valence-electron chi connectivity index (χ4n) is 1.85. The maximum absolute atomic E-state index is 12.2. The van der Waals surface area contributed by atoms with Crippen molar-refractivity contribution in [2.24, 2.45) is 0 Å². The van der Waals surface area contributed by atoms with Crippen LogP contribution in [-0.2, 0) is 0 Å². The highest BCUT2D eigenvalue weighted by atomic mass is 35.5. The fourth-order valence-corrected chi connectivity index (χ4v) is 2.02. The van der Waals surface area contributed by atoms with Gasteiger partial charge in [-0.15, -0.1) is 0 Å². The van der Waals surface area contributed by atoms with Crippen LogP contribution in [0.3, 0.4) is 0 Å². The van der Waals surface area contributed by atoms with E-state index in [-0.39, 0.29) is 0 Å². The maximum Gasteiger partial charge on any atom is 0.343 e. The van der Waals surface area contributed by atoms with Gasteiger partial charge in [0.25, 0.3) is 0 Å². The highest BCUT2D eigenvalue weighted by Crippen LogP contribution is 2.23. The third-order valence-corrected chi connectivity index (χ3v) is 3.60. The van der Waals surface area contributed by atoms with E-state index >= 15 is 0 Å². The second kappa shape index (κ2) is 7.85. The third kappa shape index (κ3) is 4.50. The number of esters is 1. The fraction of sp³-hybridized carbons (Fsp3) is 0.278. The zero-order valence-corrected chi connectivity index (χ0v) is 13.5. The van der Waals surface area contributed by atoms with Gasteiger partial charge in [0.05, 0.1) is 12.2 Å². The average molecular weight is 319 g/mol. The van der Waals surface area contributed by atoms with Gasteiger partial charge in [0.15, 0.2) is 0 Å². The van der Waals surface area contributed by atoms with Crippen LogP contribution in [-0.4, -0.2) is 12.6 Å². The van der Waals surface area contributed by atoms with Crippen molar-refractivity contribution in [1.29, 1.82) is 0 Å². The predicted octanol–water partition coefficient (Wildman–Crippen LogP) is 5.05. The Morgan fingerprint density at radius 1 is 1.14 bits per heavy atom. The summed E-state index contributed by atoms with van der Waals surface area (Å²) >= 11 is 6.03. The van der Waals surface area contributed by atoms with Gasteiger partial charge in [0, 0.05) is 5.02 Å². The van der Waals surface area contributed by atoms with Crippen LogP contribution in [0.4, 0.5) is 0 Å². The van der Waals surface area contributed by atoms with Gasteiger partial charge in [-0.25, -0.2) is 4.79 Å². The number of ether oxygens (including phenoxy) is 2. The average Bonchev–Trinajstić information content (AvgIpc) is 2.51. The van der Waals surface area contributed by atoms with E-state index in [4.69, 9.17) is 21.1 Å². The summed E-state index contributed by atoms with van der Waals surface area (Å²) < 4.78 is 10.9. The molecule has 2 aromatic carbocycles. The van der Waals surface area contributed by atoms with E-state index in [0.29, 0.717) is 28.7 Å². The Morgan fingerprint density at radius 2 is 1.95 bits per heavy atom. The molecule has 0 saturated carbocycles. The third-order valence-electron chi connectivity index (χ3n) is 3.19. The van der Waals surface area contributed by atoms with Crippen LogP contribution < -0.4 is 9.47 Å². The number of rotatable bonds is 6. The number of aryl methyl sites for hydroxylation is 1. The lowest BCUT2D eigenvalue weighted by Crippen LogP contribution is -2.09. The smallest absolute Gasteiger partial charge is 0.343 e. The van der Waals surface area contributed by atoms with E-state index in [9.17, 15) is 4.79 Å². The highest BCUT2D eigenvalue weighted by molar-refractivity contribution is 6.31. The number of hydrogen-bond acceptors (Lipinski definition) is 3. The Balaban J connectivity index is 2.05. The number of carbonyl (C=O) groups is 1. The van der Waals surface area contributed by atoms with E-state index < -0.39 is 5.97 Å². The van der Waals surface area contributed by atoms with Gasteiger partial charge in [0.1, 0.15) is 11.5 Å². The minimum atomic E-state index is -0.430. The van der Waals surface area contributed by atoms with Gasteiger partial charge >= 0.3 is 5.97 Å². The van der Waals surface area contributed by atoms with Crippen LogP contribution in [0.2, 0.25) is 5.02 Å². The maximum atomic E-state index is 12.2. The predicted molar refractivity (Wildman–Crippen MR) is 88.0 cm³/mol. The molecule has 0 fully saturated rings. The largest absolute Gasteiger partial charge is 0.494 e. The number of hydrogen-bond donors (Lipinski definition) is 0. The van der Waals surface area contributed by atoms with Crippen LogP contribution >= 0.6 is 11.6 Å². The van der Waals surface area contributed by atoms with Gasteiger partial charge in [-0.2, -0.15) is 0 Å². The zero-order chi connectivity index (χ0) is 15.9. The summed E-state index contributed by atoms with van der Waals surface area (Å²) in [4.78, 5) is 12.2. The summed E-state index contributed by atoms with van der Waals surface area (Å²) in [6.07, 6.45) is 2.05. The molecule has 0 aliphatic rings. The van der Waals surface area contributed by atoms with Gasteiger partial charge < -0.3 is 9.47 Å². The summed E-state index contributed by atoms with van der Waals surface area (Å²) in [5, 5.41) is 0.571. The topological polar surface area (TPSA) is 35.5 Å². The summed E-state index contributed by atoms with van der Waals surface area (Å²) in [5.74, 6) is 0.670. The van der Waals surface area contributed by atoms with Crippen LogP contribution in [0.1, 0.15) is 35.7 Å². The van der Waals surface area contributed by atoms with Crippen molar-refractivity contribution < 1.29 is 14.3 Å². The molecule has 0 aliphatic heterocycles. The lowest BCUT2D eigenvalue weighted by Gasteiger charge is -2.08. The lowest BCUT2D eigenvalue weighted by atomic mass is 10.2. The van der Waals surface area contributed by atoms with E-state index in [1.807, 2.05) is 19.1 Å². The van der Waals surface area contributed by atoms with Crippen LogP contribution in [0.25, 0.3) is 0 Å². The number of unbranched alkanes of at least 4 members (excludes halogenated alkanes) is 1. The highest BCUT2D eigenvalue weighted by Gasteiger charge is 2.10. The Labute approximate surface area is 135 Å². The van der Waals surface area contributed by atoms with Gasteiger partial charge in [0.2, 0.25) is 0 Å². The van der Waals surface area contributed by atoms with Gasteiger partial charge in [-0.1, -0.05) is 37.1 Å². The van der Waals surface area contributed by atoms with Crippen molar-refractivity contribution in [3.63, 3.8) is 0 Å². The molecule has 0 heterocycles. The minimum absolute atomic E-state index is 0.429. The van der Waals surface area contributed by atoms with Gasteiger partial charge in [-0.05, 0) is 49.2 Å². The first kappa shape index (κ1) is 16.4. The van der Waals surface area contributed by atoms with Crippen molar-refractivity contribution in [1.82, 2.24) is 0 Å². The molecule has 0 N–H and O–H groups in total. The summed E-state index contributed by atoms with van der Waals surface area (Å²) in [6, 6.07) is 12.2. The number of halogens is 1. The quantitative estimate of drug-likeness (QED) is 0.425. The molecule has 4 heteroatoms. The molecule has 2 rings (SSSR count). The molecule has 116 valence electrons. The molecule has 3 nitrogen and oxygen atoms in total. The minimum Gasteiger partial charge on any atom is -0.494 e. The van der Waals surface area contributed by atoms with Crippen molar-refractivity contribution in [3.05, 3.63) is 58.6 Å². The normalized spacial score (nSPS) is 10.3. The summed E-state index contributed by atoms with van der Waals surface area (Å²) in [7, 11) is 0. The van der Waals surface area contributed by atoms with E-state index in [1.165, 1.54) is 0 Å². The van der Waals surface area contributed by atoms with Crippen molar-refractivity contribution in [3.8, 4) is 11.5 Å². The first-order valence-corrected chi connectivity index (χ1v) is 7.69. The summed E-state index contributed by atoms with van der Waals surface area (Å²) in [6.45, 7) is 4.64. The Morgan fingerprint density at radius 3 is 2.68 bits per heavy atom. The van der Waals surface area contributed by atoms with Crippen LogP contribution in [0.5, 0.6) is 11.5 Å². The molecular weight excluding hydrogens is 300 g/mol. The molecule has 0 saturated heterocycles. The van der Waals surface area contributed by atoms with Crippen molar-refractivity contribution in [2.45, 2.75) is 26.7 Å². The molecular formula is C18H19ClO3. The van der Waals surface area contributed by atoms with Crippen molar-refractivity contribution >= 4 is 17.6 Å². The molecule has 0 spiro atoms. The molecule has 0 radical (unpaired) electrons. The van der Waals surface area contributed by atoms with Crippen LogP contribution in [0, 0.1) is 6.92 Å². The molecule has 2 aromatic rings. The zero-order valence-electron chi connectivity index (χ0n) is 12.8. The second-order valence-electron chi connectivity index (χ2n) is 5.03. The first-order chi connectivity index (χ1) is 10.6. The summed E-state index contributed by atoms with van der Waals surface area (Å²) in [5.41, 5.74) is 1.39. The van der Waals surface area contributed by atoms with E-state index in [1.54, 1.807) is 30.3 Å². The SMILES string of the molecule is CCCCOc1cccc(C(=O)Oc2ccc(C)c(Cl)c2)c1. The Kier molecular flexibility index (Phi) is 5.84. The second-order valence-corrected chi connectivity index (χ2v) is 5.44.